The third-order valence-electron chi connectivity index (χ3n) is 2.64. The van der Waals surface area contributed by atoms with Crippen molar-refractivity contribution in [2.45, 2.75) is 32.0 Å². The van der Waals surface area contributed by atoms with Crippen molar-refractivity contribution in [2.24, 2.45) is 0 Å². The Bertz CT molecular complexity index is 452. The van der Waals surface area contributed by atoms with Gasteiger partial charge in [0, 0.05) is 12.8 Å². The number of ether oxygens (including phenoxy) is 1. The van der Waals surface area contributed by atoms with Gasteiger partial charge in [-0.2, -0.15) is 13.2 Å². The van der Waals surface area contributed by atoms with Crippen LogP contribution in [-0.2, 0) is 17.6 Å². The maximum atomic E-state index is 12.1. The van der Waals surface area contributed by atoms with Crippen LogP contribution in [0.2, 0.25) is 0 Å². The highest BCUT2D eigenvalue weighted by atomic mass is 19.4. The number of fused-ring (bicyclic) bond motifs is 1. The van der Waals surface area contributed by atoms with Crippen LogP contribution < -0.4 is 4.74 Å². The molecular formula is C12H11F3O2. The van der Waals surface area contributed by atoms with E-state index in [4.69, 9.17) is 4.74 Å². The number of rotatable bonds is 2. The highest BCUT2D eigenvalue weighted by molar-refractivity contribution is 5.86. The Morgan fingerprint density at radius 3 is 2.82 bits per heavy atom. The van der Waals surface area contributed by atoms with Gasteiger partial charge in [0.1, 0.15) is 11.9 Å². The lowest BCUT2D eigenvalue weighted by molar-refractivity contribution is -0.170. The maximum Gasteiger partial charge on any atom is 0.450 e. The molecule has 0 saturated carbocycles. The molecule has 0 spiro atoms. The molecule has 0 aromatic heterocycles. The van der Waals surface area contributed by atoms with E-state index in [0.717, 1.165) is 5.56 Å². The summed E-state index contributed by atoms with van der Waals surface area (Å²) in [4.78, 5) is 10.8. The van der Waals surface area contributed by atoms with E-state index in [-0.39, 0.29) is 6.10 Å². The first kappa shape index (κ1) is 12.0. The Kier molecular flexibility index (Phi) is 2.85. The molecule has 1 heterocycles. The van der Waals surface area contributed by atoms with Gasteiger partial charge in [-0.3, -0.25) is 4.79 Å². The van der Waals surface area contributed by atoms with Crippen LogP contribution in [0.4, 0.5) is 13.2 Å². The van der Waals surface area contributed by atoms with Gasteiger partial charge in [0.05, 0.1) is 0 Å². The zero-order valence-electron chi connectivity index (χ0n) is 9.17. The molecule has 17 heavy (non-hydrogen) atoms. The van der Waals surface area contributed by atoms with Gasteiger partial charge in [-0.05, 0) is 24.1 Å². The molecule has 0 radical (unpaired) electrons. The van der Waals surface area contributed by atoms with E-state index < -0.39 is 18.4 Å². The molecule has 0 N–H and O–H groups in total. The van der Waals surface area contributed by atoms with E-state index in [0.29, 0.717) is 17.7 Å². The first-order chi connectivity index (χ1) is 7.86. The number of alkyl halides is 3. The standard InChI is InChI=1S/C12H11F3O2/c1-7-4-9-5-8(2-3-10(9)17-7)6-11(16)12(13,14)15/h2-3,5,7H,4,6H2,1H3. The fraction of sp³-hybridized carbons (Fsp3) is 0.417. The third kappa shape index (κ3) is 2.60. The predicted molar refractivity (Wildman–Crippen MR) is 55.0 cm³/mol. The van der Waals surface area contributed by atoms with E-state index in [1.54, 1.807) is 12.1 Å². The zero-order valence-corrected chi connectivity index (χ0v) is 9.17. The number of halogens is 3. The minimum Gasteiger partial charge on any atom is -0.490 e. The van der Waals surface area contributed by atoms with Crippen molar-refractivity contribution >= 4 is 5.78 Å². The Labute approximate surface area is 96.4 Å². The Morgan fingerprint density at radius 1 is 1.47 bits per heavy atom. The molecule has 0 bridgehead atoms. The molecule has 1 aliphatic heterocycles. The molecule has 1 aromatic rings. The van der Waals surface area contributed by atoms with Crippen LogP contribution in [0.3, 0.4) is 0 Å². The summed E-state index contributed by atoms with van der Waals surface area (Å²) in [6.45, 7) is 1.89. The second-order valence-corrected chi connectivity index (χ2v) is 4.17. The lowest BCUT2D eigenvalue weighted by atomic mass is 10.0. The maximum absolute atomic E-state index is 12.1. The SMILES string of the molecule is CC1Cc2cc(CC(=O)C(F)(F)F)ccc2O1. The summed E-state index contributed by atoms with van der Waals surface area (Å²) in [5, 5.41) is 0. The second kappa shape index (κ2) is 4.05. The van der Waals surface area contributed by atoms with Crippen LogP contribution in [0.15, 0.2) is 18.2 Å². The average molecular weight is 244 g/mol. The number of carbonyl (C=O) groups is 1. The Morgan fingerprint density at radius 2 is 2.18 bits per heavy atom. The molecule has 0 amide bonds. The molecule has 5 heteroatoms. The molecule has 0 aliphatic carbocycles. The lowest BCUT2D eigenvalue weighted by Gasteiger charge is -2.06. The summed E-state index contributed by atoms with van der Waals surface area (Å²) < 4.78 is 41.7. The predicted octanol–water partition coefficient (Wildman–Crippen LogP) is 2.68. The van der Waals surface area contributed by atoms with E-state index in [2.05, 4.69) is 0 Å². The van der Waals surface area contributed by atoms with Gasteiger partial charge in [-0.25, -0.2) is 0 Å². The first-order valence-electron chi connectivity index (χ1n) is 5.25. The zero-order chi connectivity index (χ0) is 12.6. The summed E-state index contributed by atoms with van der Waals surface area (Å²) in [6, 6.07) is 4.74. The second-order valence-electron chi connectivity index (χ2n) is 4.17. The molecule has 0 saturated heterocycles. The van der Waals surface area contributed by atoms with Crippen molar-refractivity contribution in [1.82, 2.24) is 0 Å². The average Bonchev–Trinajstić information content (AvgIpc) is 2.55. The largest absolute Gasteiger partial charge is 0.490 e. The lowest BCUT2D eigenvalue weighted by Crippen LogP contribution is -2.24. The van der Waals surface area contributed by atoms with Crippen molar-refractivity contribution in [3.05, 3.63) is 29.3 Å². The minimum absolute atomic E-state index is 0.0403. The summed E-state index contributed by atoms with van der Waals surface area (Å²) in [6.07, 6.45) is -4.66. The van der Waals surface area contributed by atoms with Crippen molar-refractivity contribution in [2.75, 3.05) is 0 Å². The molecular weight excluding hydrogens is 233 g/mol. The van der Waals surface area contributed by atoms with E-state index in [1.165, 1.54) is 6.07 Å². The van der Waals surface area contributed by atoms with Gasteiger partial charge in [0.2, 0.25) is 5.78 Å². The number of carbonyl (C=O) groups excluding carboxylic acids is 1. The van der Waals surface area contributed by atoms with Crippen molar-refractivity contribution in [3.8, 4) is 5.75 Å². The summed E-state index contributed by atoms with van der Waals surface area (Å²) in [7, 11) is 0. The molecule has 92 valence electrons. The minimum atomic E-state index is -4.76. The number of hydrogen-bond acceptors (Lipinski definition) is 2. The van der Waals surface area contributed by atoms with Gasteiger partial charge in [-0.1, -0.05) is 12.1 Å². The molecule has 1 aromatic carbocycles. The van der Waals surface area contributed by atoms with Gasteiger partial charge in [0.25, 0.3) is 0 Å². The highest BCUT2D eigenvalue weighted by Gasteiger charge is 2.37. The molecule has 0 fully saturated rings. The third-order valence-corrected chi connectivity index (χ3v) is 2.64. The van der Waals surface area contributed by atoms with Gasteiger partial charge < -0.3 is 4.74 Å². The van der Waals surface area contributed by atoms with Crippen LogP contribution in [0, 0.1) is 0 Å². The van der Waals surface area contributed by atoms with Gasteiger partial charge in [-0.15, -0.1) is 0 Å². The molecule has 2 rings (SSSR count). The van der Waals surface area contributed by atoms with Gasteiger partial charge >= 0.3 is 6.18 Å². The molecule has 2 nitrogen and oxygen atoms in total. The van der Waals surface area contributed by atoms with E-state index in [9.17, 15) is 18.0 Å². The Hall–Kier alpha value is -1.52. The van der Waals surface area contributed by atoms with Crippen molar-refractivity contribution in [3.63, 3.8) is 0 Å². The number of hydrogen-bond donors (Lipinski definition) is 0. The number of ketones is 1. The normalized spacial score (nSPS) is 18.7. The summed E-state index contributed by atoms with van der Waals surface area (Å²) in [5.74, 6) is -1.02. The molecule has 1 aliphatic rings. The number of Topliss-reactive ketones (excluding diaryl/α,β-unsaturated/α-hetero) is 1. The fourth-order valence-corrected chi connectivity index (χ4v) is 1.87. The van der Waals surface area contributed by atoms with Crippen LogP contribution in [0.1, 0.15) is 18.1 Å². The van der Waals surface area contributed by atoms with Crippen LogP contribution in [-0.4, -0.2) is 18.1 Å². The van der Waals surface area contributed by atoms with Crippen molar-refractivity contribution < 1.29 is 22.7 Å². The monoisotopic (exact) mass is 244 g/mol. The smallest absolute Gasteiger partial charge is 0.450 e. The van der Waals surface area contributed by atoms with E-state index >= 15 is 0 Å². The first-order valence-corrected chi connectivity index (χ1v) is 5.25. The van der Waals surface area contributed by atoms with Crippen LogP contribution in [0.5, 0.6) is 5.75 Å². The summed E-state index contributed by atoms with van der Waals surface area (Å²) >= 11 is 0. The topological polar surface area (TPSA) is 26.3 Å². The van der Waals surface area contributed by atoms with Crippen LogP contribution >= 0.6 is 0 Å². The van der Waals surface area contributed by atoms with Gasteiger partial charge in [0.15, 0.2) is 0 Å². The van der Waals surface area contributed by atoms with Crippen LogP contribution in [0.25, 0.3) is 0 Å². The van der Waals surface area contributed by atoms with E-state index in [1.807, 2.05) is 6.92 Å². The Balaban J connectivity index is 2.15. The molecule has 1 atom stereocenters. The molecule has 1 unspecified atom stereocenters. The van der Waals surface area contributed by atoms with Crippen molar-refractivity contribution in [1.29, 1.82) is 0 Å². The highest BCUT2D eigenvalue weighted by Crippen LogP contribution is 2.30. The number of benzene rings is 1. The fourth-order valence-electron chi connectivity index (χ4n) is 1.87. The quantitative estimate of drug-likeness (QED) is 0.799. The summed E-state index contributed by atoms with van der Waals surface area (Å²) in [5.41, 5.74) is 1.24.